The van der Waals surface area contributed by atoms with Crippen molar-refractivity contribution in [1.82, 2.24) is 0 Å². The van der Waals surface area contributed by atoms with Crippen LogP contribution in [0.5, 0.6) is 0 Å². The van der Waals surface area contributed by atoms with E-state index in [2.05, 4.69) is 6.92 Å². The number of thioether (sulfide) groups is 1. The summed E-state index contributed by atoms with van der Waals surface area (Å²) in [4.78, 5) is 27.6. The van der Waals surface area contributed by atoms with Crippen molar-refractivity contribution in [3.8, 4) is 0 Å². The van der Waals surface area contributed by atoms with Crippen LogP contribution in [0.3, 0.4) is 0 Å². The summed E-state index contributed by atoms with van der Waals surface area (Å²) < 4.78 is 16.2. The molecule has 27 heavy (non-hydrogen) atoms. The highest BCUT2D eigenvalue weighted by molar-refractivity contribution is 8.00. The highest BCUT2D eigenvalue weighted by Crippen LogP contribution is 2.37. The standard InChI is InChI=1S/C20H27NO5S/c1-14-9-10-21(17-7-3-4-8-18(17)27-14)19(22)13-26-20(23)15(2)25-12-16-6-5-11-24-16/h3-4,7-8,14-16H,5-6,9-13H2,1-2H3. The van der Waals surface area contributed by atoms with E-state index < -0.39 is 12.1 Å². The van der Waals surface area contributed by atoms with Crippen LogP contribution in [0.2, 0.25) is 0 Å². The lowest BCUT2D eigenvalue weighted by Crippen LogP contribution is -2.37. The zero-order valence-corrected chi connectivity index (χ0v) is 16.7. The van der Waals surface area contributed by atoms with Crippen LogP contribution in [-0.2, 0) is 23.8 Å². The van der Waals surface area contributed by atoms with Crippen molar-refractivity contribution >= 4 is 29.3 Å². The molecule has 3 unspecified atom stereocenters. The Morgan fingerprint density at radius 3 is 2.93 bits per heavy atom. The monoisotopic (exact) mass is 393 g/mol. The third-order valence-corrected chi connectivity index (χ3v) is 6.01. The Bertz CT molecular complexity index is 662. The van der Waals surface area contributed by atoms with Crippen molar-refractivity contribution in [2.24, 2.45) is 0 Å². The minimum atomic E-state index is -0.714. The van der Waals surface area contributed by atoms with Gasteiger partial charge in [0.1, 0.15) is 0 Å². The number of esters is 1. The molecule has 3 rings (SSSR count). The minimum Gasteiger partial charge on any atom is -0.454 e. The number of rotatable bonds is 6. The summed E-state index contributed by atoms with van der Waals surface area (Å²) in [6.07, 6.45) is 2.20. The van der Waals surface area contributed by atoms with E-state index in [1.54, 1.807) is 23.6 Å². The second-order valence-electron chi connectivity index (χ2n) is 6.95. The van der Waals surface area contributed by atoms with Gasteiger partial charge in [-0.15, -0.1) is 11.8 Å². The number of para-hydroxylation sites is 1. The summed E-state index contributed by atoms with van der Waals surface area (Å²) >= 11 is 1.77. The summed E-state index contributed by atoms with van der Waals surface area (Å²) in [7, 11) is 0. The molecule has 0 bridgehead atoms. The molecular formula is C20H27NO5S. The number of carbonyl (C=O) groups is 2. The normalized spacial score (nSPS) is 23.4. The third kappa shape index (κ3) is 5.46. The Morgan fingerprint density at radius 2 is 2.15 bits per heavy atom. The zero-order chi connectivity index (χ0) is 19.2. The average molecular weight is 394 g/mol. The quantitative estimate of drug-likeness (QED) is 0.692. The molecule has 1 fully saturated rings. The summed E-state index contributed by atoms with van der Waals surface area (Å²) in [5, 5.41) is 0.428. The lowest BCUT2D eigenvalue weighted by atomic mass is 10.2. The summed E-state index contributed by atoms with van der Waals surface area (Å²) in [6.45, 7) is 5.25. The van der Waals surface area contributed by atoms with E-state index in [9.17, 15) is 9.59 Å². The summed E-state index contributed by atoms with van der Waals surface area (Å²) in [5.41, 5.74) is 0.885. The van der Waals surface area contributed by atoms with E-state index >= 15 is 0 Å². The zero-order valence-electron chi connectivity index (χ0n) is 15.9. The maximum atomic E-state index is 12.7. The largest absolute Gasteiger partial charge is 0.454 e. The Morgan fingerprint density at radius 1 is 1.33 bits per heavy atom. The van der Waals surface area contributed by atoms with Gasteiger partial charge >= 0.3 is 5.97 Å². The molecule has 1 saturated heterocycles. The number of ether oxygens (including phenoxy) is 3. The molecule has 0 aliphatic carbocycles. The second kappa shape index (κ2) is 9.57. The first kappa shape index (κ1) is 20.2. The number of fused-ring (bicyclic) bond motifs is 1. The van der Waals surface area contributed by atoms with Crippen molar-refractivity contribution in [2.45, 2.75) is 55.5 Å². The van der Waals surface area contributed by atoms with Gasteiger partial charge in [0.2, 0.25) is 0 Å². The molecule has 0 N–H and O–H groups in total. The van der Waals surface area contributed by atoms with Crippen LogP contribution in [-0.4, -0.2) is 55.7 Å². The van der Waals surface area contributed by atoms with Gasteiger partial charge < -0.3 is 19.1 Å². The van der Waals surface area contributed by atoms with E-state index in [0.717, 1.165) is 36.5 Å². The topological polar surface area (TPSA) is 65.1 Å². The van der Waals surface area contributed by atoms with E-state index in [4.69, 9.17) is 14.2 Å². The number of benzene rings is 1. The molecule has 1 amide bonds. The lowest BCUT2D eigenvalue weighted by molar-refractivity contribution is -0.160. The predicted octanol–water partition coefficient (Wildman–Crippen LogP) is 3.03. The van der Waals surface area contributed by atoms with Gasteiger partial charge in [0.15, 0.2) is 12.7 Å². The fourth-order valence-electron chi connectivity index (χ4n) is 3.17. The molecule has 0 saturated carbocycles. The molecule has 0 spiro atoms. The van der Waals surface area contributed by atoms with Crippen LogP contribution in [0.15, 0.2) is 29.2 Å². The molecule has 2 aliphatic heterocycles. The second-order valence-corrected chi connectivity index (χ2v) is 8.43. The van der Waals surface area contributed by atoms with Gasteiger partial charge in [-0.1, -0.05) is 19.1 Å². The van der Waals surface area contributed by atoms with E-state index in [1.807, 2.05) is 24.3 Å². The number of anilines is 1. The molecule has 2 aliphatic rings. The number of hydrogen-bond acceptors (Lipinski definition) is 6. The highest BCUT2D eigenvalue weighted by Gasteiger charge is 2.26. The number of hydrogen-bond donors (Lipinski definition) is 0. The van der Waals surface area contributed by atoms with E-state index in [-0.39, 0.29) is 18.6 Å². The van der Waals surface area contributed by atoms with Gasteiger partial charge in [0, 0.05) is 23.3 Å². The maximum absolute atomic E-state index is 12.7. The summed E-state index contributed by atoms with van der Waals surface area (Å²) in [5.74, 6) is -0.732. The SMILES string of the molecule is CC1CCN(C(=O)COC(=O)C(C)OCC2CCCO2)c2ccccc2S1. The van der Waals surface area contributed by atoms with Crippen LogP contribution in [0, 0.1) is 0 Å². The van der Waals surface area contributed by atoms with Crippen molar-refractivity contribution in [3.63, 3.8) is 0 Å². The third-order valence-electron chi connectivity index (χ3n) is 4.77. The lowest BCUT2D eigenvalue weighted by Gasteiger charge is -2.23. The van der Waals surface area contributed by atoms with Crippen molar-refractivity contribution in [2.75, 3.05) is 31.3 Å². The first-order valence-electron chi connectivity index (χ1n) is 9.50. The smallest absolute Gasteiger partial charge is 0.335 e. The van der Waals surface area contributed by atoms with Crippen LogP contribution < -0.4 is 4.90 Å². The van der Waals surface area contributed by atoms with Crippen LogP contribution >= 0.6 is 11.8 Å². The number of carbonyl (C=O) groups excluding carboxylic acids is 2. The van der Waals surface area contributed by atoms with Crippen LogP contribution in [0.25, 0.3) is 0 Å². The molecule has 0 radical (unpaired) electrons. The predicted molar refractivity (Wildman–Crippen MR) is 104 cm³/mol. The Labute approximate surface area is 164 Å². The van der Waals surface area contributed by atoms with Gasteiger partial charge in [0.25, 0.3) is 5.91 Å². The molecule has 148 valence electrons. The Balaban J connectivity index is 1.51. The Kier molecular flexibility index (Phi) is 7.15. The number of amides is 1. The van der Waals surface area contributed by atoms with Gasteiger partial charge in [-0.25, -0.2) is 4.79 Å². The summed E-state index contributed by atoms with van der Waals surface area (Å²) in [6, 6.07) is 7.85. The van der Waals surface area contributed by atoms with E-state index in [0.29, 0.717) is 18.4 Å². The first-order chi connectivity index (χ1) is 13.0. The van der Waals surface area contributed by atoms with Crippen LogP contribution in [0.4, 0.5) is 5.69 Å². The molecule has 7 heteroatoms. The van der Waals surface area contributed by atoms with Crippen LogP contribution in [0.1, 0.15) is 33.1 Å². The molecule has 6 nitrogen and oxygen atoms in total. The van der Waals surface area contributed by atoms with Gasteiger partial charge in [-0.2, -0.15) is 0 Å². The molecule has 1 aromatic rings. The van der Waals surface area contributed by atoms with Gasteiger partial charge in [0.05, 0.1) is 18.4 Å². The maximum Gasteiger partial charge on any atom is 0.335 e. The molecule has 1 aromatic carbocycles. The van der Waals surface area contributed by atoms with Crippen molar-refractivity contribution in [1.29, 1.82) is 0 Å². The van der Waals surface area contributed by atoms with E-state index in [1.165, 1.54) is 0 Å². The van der Waals surface area contributed by atoms with Crippen molar-refractivity contribution in [3.05, 3.63) is 24.3 Å². The Hall–Kier alpha value is -1.57. The van der Waals surface area contributed by atoms with Crippen molar-refractivity contribution < 1.29 is 23.8 Å². The molecule has 2 heterocycles. The fourth-order valence-corrected chi connectivity index (χ4v) is 4.28. The molecular weight excluding hydrogens is 366 g/mol. The van der Waals surface area contributed by atoms with Gasteiger partial charge in [-0.3, -0.25) is 4.79 Å². The molecule has 0 aromatic heterocycles. The first-order valence-corrected chi connectivity index (χ1v) is 10.4. The average Bonchev–Trinajstić information content (AvgIpc) is 3.12. The number of nitrogens with zero attached hydrogens (tertiary/aromatic N) is 1. The van der Waals surface area contributed by atoms with Gasteiger partial charge in [-0.05, 0) is 38.3 Å². The highest BCUT2D eigenvalue weighted by atomic mass is 32.2. The minimum absolute atomic E-state index is 0.0509. The molecule has 3 atom stereocenters. The fraction of sp³-hybridized carbons (Fsp3) is 0.600.